The maximum atomic E-state index is 11.3. The van der Waals surface area contributed by atoms with Crippen molar-refractivity contribution in [2.45, 2.75) is 26.2 Å². The van der Waals surface area contributed by atoms with Gasteiger partial charge < -0.3 is 0 Å². The van der Waals surface area contributed by atoms with Crippen molar-refractivity contribution >= 4 is 21.8 Å². The number of benzene rings is 1. The van der Waals surface area contributed by atoms with Crippen LogP contribution in [0.4, 0.5) is 0 Å². The van der Waals surface area contributed by atoms with Crippen molar-refractivity contribution < 1.29 is 4.79 Å². The summed E-state index contributed by atoms with van der Waals surface area (Å²) in [6.45, 7) is 2.08. The third-order valence-electron chi connectivity index (χ3n) is 2.54. The van der Waals surface area contributed by atoms with Crippen LogP contribution in [0.2, 0.25) is 0 Å². The monoisotopic (exact) mass is 284 g/mol. The molecule has 88 valence electrons. The van der Waals surface area contributed by atoms with Gasteiger partial charge in [0.05, 0.1) is 0 Å². The lowest BCUT2D eigenvalue weighted by molar-refractivity contribution is -0.130. The summed E-state index contributed by atoms with van der Waals surface area (Å²) < 4.78 is 1.08. The van der Waals surface area contributed by atoms with E-state index in [0.29, 0.717) is 6.42 Å². The van der Waals surface area contributed by atoms with Crippen LogP contribution in [0.25, 0.3) is 0 Å². The highest BCUT2D eigenvalue weighted by Gasteiger charge is 2.05. The van der Waals surface area contributed by atoms with Gasteiger partial charge in [-0.2, -0.15) is 0 Å². The van der Waals surface area contributed by atoms with E-state index < -0.39 is 0 Å². The zero-order chi connectivity index (χ0) is 12.1. The Morgan fingerprint density at radius 3 is 2.81 bits per heavy atom. The number of nitrogens with two attached hydrogens (primary N) is 1. The second kappa shape index (κ2) is 6.01. The fourth-order valence-corrected chi connectivity index (χ4v) is 1.92. The molecule has 1 rings (SSSR count). The molecule has 2 N–H and O–H groups in total. The largest absolute Gasteiger partial charge is 0.284 e. The minimum atomic E-state index is -0.0207. The molecule has 0 bridgehead atoms. The lowest BCUT2D eigenvalue weighted by Crippen LogP contribution is -2.32. The van der Waals surface area contributed by atoms with Crippen LogP contribution in [0.15, 0.2) is 22.7 Å². The van der Waals surface area contributed by atoms with Gasteiger partial charge in [-0.3, -0.25) is 9.80 Å². The van der Waals surface area contributed by atoms with Crippen molar-refractivity contribution in [3.8, 4) is 0 Å². The summed E-state index contributed by atoms with van der Waals surface area (Å²) in [5, 5.41) is 1.15. The van der Waals surface area contributed by atoms with Crippen LogP contribution in [0.5, 0.6) is 0 Å². The van der Waals surface area contributed by atoms with Crippen molar-refractivity contribution in [2.75, 3.05) is 7.05 Å². The van der Waals surface area contributed by atoms with Crippen molar-refractivity contribution in [1.82, 2.24) is 5.01 Å². The zero-order valence-corrected chi connectivity index (χ0v) is 11.3. The van der Waals surface area contributed by atoms with Crippen LogP contribution in [0.1, 0.15) is 24.0 Å². The molecule has 0 aromatic heterocycles. The summed E-state index contributed by atoms with van der Waals surface area (Å²) in [4.78, 5) is 11.3. The summed E-state index contributed by atoms with van der Waals surface area (Å²) in [6, 6.07) is 6.21. The molecule has 0 aliphatic carbocycles. The molecular weight excluding hydrogens is 268 g/mol. The SMILES string of the molecule is Cc1ccc(Br)cc1CCCC(=O)N(C)N. The summed E-state index contributed by atoms with van der Waals surface area (Å²) in [6.07, 6.45) is 2.24. The highest BCUT2D eigenvalue weighted by molar-refractivity contribution is 9.10. The second-order valence-corrected chi connectivity index (χ2v) is 4.84. The molecule has 1 aromatic carbocycles. The molecule has 0 atom stereocenters. The van der Waals surface area contributed by atoms with E-state index in [1.165, 1.54) is 11.1 Å². The Morgan fingerprint density at radius 2 is 2.19 bits per heavy atom. The first-order chi connectivity index (χ1) is 7.50. The smallest absolute Gasteiger partial charge is 0.236 e. The highest BCUT2D eigenvalue weighted by atomic mass is 79.9. The van der Waals surface area contributed by atoms with E-state index in [9.17, 15) is 4.79 Å². The average molecular weight is 285 g/mol. The number of halogens is 1. The van der Waals surface area contributed by atoms with E-state index in [-0.39, 0.29) is 5.91 Å². The van der Waals surface area contributed by atoms with Crippen LogP contribution in [0.3, 0.4) is 0 Å². The van der Waals surface area contributed by atoms with Gasteiger partial charge >= 0.3 is 0 Å². The summed E-state index contributed by atoms with van der Waals surface area (Å²) in [7, 11) is 1.58. The molecule has 0 heterocycles. The van der Waals surface area contributed by atoms with Crippen LogP contribution in [-0.2, 0) is 11.2 Å². The molecule has 1 aromatic rings. The highest BCUT2D eigenvalue weighted by Crippen LogP contribution is 2.17. The minimum absolute atomic E-state index is 0.0207. The molecule has 4 heteroatoms. The quantitative estimate of drug-likeness (QED) is 0.524. The number of aryl methyl sites for hydroxylation is 2. The number of hydrogen-bond donors (Lipinski definition) is 1. The van der Waals surface area contributed by atoms with Gasteiger partial charge in [-0.15, -0.1) is 0 Å². The molecular formula is C12H17BrN2O. The van der Waals surface area contributed by atoms with E-state index in [2.05, 4.69) is 35.0 Å². The number of rotatable bonds is 4. The Bertz CT molecular complexity index is 377. The Morgan fingerprint density at radius 1 is 1.50 bits per heavy atom. The maximum Gasteiger partial charge on any atom is 0.236 e. The van der Waals surface area contributed by atoms with Crippen LogP contribution in [-0.4, -0.2) is 18.0 Å². The molecule has 0 aliphatic heterocycles. The van der Waals surface area contributed by atoms with Gasteiger partial charge in [0.2, 0.25) is 5.91 Å². The molecule has 0 saturated carbocycles. The van der Waals surface area contributed by atoms with Gasteiger partial charge in [-0.05, 0) is 43.0 Å². The lowest BCUT2D eigenvalue weighted by Gasteiger charge is -2.10. The van der Waals surface area contributed by atoms with Crippen molar-refractivity contribution in [3.63, 3.8) is 0 Å². The van der Waals surface area contributed by atoms with Crippen LogP contribution >= 0.6 is 15.9 Å². The number of hydrogen-bond acceptors (Lipinski definition) is 2. The maximum absolute atomic E-state index is 11.3. The third-order valence-corrected chi connectivity index (χ3v) is 3.03. The van der Waals surface area contributed by atoms with E-state index >= 15 is 0 Å². The number of amides is 1. The topological polar surface area (TPSA) is 46.3 Å². The number of carbonyl (C=O) groups excluding carboxylic acids is 1. The Kier molecular flexibility index (Phi) is 4.96. The number of hydrazine groups is 1. The molecule has 3 nitrogen and oxygen atoms in total. The predicted octanol–water partition coefficient (Wildman–Crippen LogP) is 2.41. The molecule has 1 amide bonds. The Hall–Kier alpha value is -0.870. The van der Waals surface area contributed by atoms with Gasteiger partial charge in [-0.1, -0.05) is 22.0 Å². The Balaban J connectivity index is 2.49. The van der Waals surface area contributed by atoms with E-state index in [0.717, 1.165) is 22.3 Å². The molecule has 0 radical (unpaired) electrons. The second-order valence-electron chi connectivity index (χ2n) is 3.93. The van der Waals surface area contributed by atoms with Crippen molar-refractivity contribution in [3.05, 3.63) is 33.8 Å². The van der Waals surface area contributed by atoms with E-state index in [1.807, 2.05) is 6.07 Å². The van der Waals surface area contributed by atoms with Gasteiger partial charge in [-0.25, -0.2) is 5.84 Å². The number of nitrogens with zero attached hydrogens (tertiary/aromatic N) is 1. The third kappa shape index (κ3) is 3.94. The van der Waals surface area contributed by atoms with Gasteiger partial charge in [0.25, 0.3) is 0 Å². The first kappa shape index (κ1) is 13.2. The molecule has 0 spiro atoms. The summed E-state index contributed by atoms with van der Waals surface area (Å²) >= 11 is 3.45. The average Bonchev–Trinajstić information content (AvgIpc) is 2.22. The standard InChI is InChI=1S/C12H17BrN2O/c1-9-6-7-11(13)8-10(9)4-3-5-12(16)15(2)14/h6-8H,3-5,14H2,1-2H3. The van der Waals surface area contributed by atoms with E-state index in [1.54, 1.807) is 7.05 Å². The fraction of sp³-hybridized carbons (Fsp3) is 0.417. The minimum Gasteiger partial charge on any atom is -0.284 e. The van der Waals surface area contributed by atoms with Crippen LogP contribution in [0, 0.1) is 6.92 Å². The molecule has 0 unspecified atom stereocenters. The predicted molar refractivity (Wildman–Crippen MR) is 68.8 cm³/mol. The molecule has 0 fully saturated rings. The first-order valence-corrected chi connectivity index (χ1v) is 6.06. The normalized spacial score (nSPS) is 10.2. The number of carbonyl (C=O) groups is 1. The summed E-state index contributed by atoms with van der Waals surface area (Å²) in [5.41, 5.74) is 2.54. The van der Waals surface area contributed by atoms with Crippen molar-refractivity contribution in [1.29, 1.82) is 0 Å². The molecule has 0 aliphatic rings. The van der Waals surface area contributed by atoms with Crippen molar-refractivity contribution in [2.24, 2.45) is 5.84 Å². The van der Waals surface area contributed by atoms with E-state index in [4.69, 9.17) is 5.84 Å². The first-order valence-electron chi connectivity index (χ1n) is 5.27. The fourth-order valence-electron chi connectivity index (χ4n) is 1.52. The Labute approximate surface area is 105 Å². The molecule has 0 saturated heterocycles. The zero-order valence-electron chi connectivity index (χ0n) is 9.66. The summed E-state index contributed by atoms with van der Waals surface area (Å²) in [5.74, 6) is 5.32. The van der Waals surface area contributed by atoms with Crippen LogP contribution < -0.4 is 5.84 Å². The molecule has 16 heavy (non-hydrogen) atoms. The lowest BCUT2D eigenvalue weighted by atomic mass is 10.0. The van der Waals surface area contributed by atoms with Gasteiger partial charge in [0, 0.05) is 17.9 Å². The van der Waals surface area contributed by atoms with Gasteiger partial charge in [0.1, 0.15) is 0 Å². The van der Waals surface area contributed by atoms with Gasteiger partial charge in [0.15, 0.2) is 0 Å².